The van der Waals surface area contributed by atoms with Gasteiger partial charge in [0, 0.05) is 19.3 Å². The van der Waals surface area contributed by atoms with Crippen molar-refractivity contribution in [2.45, 2.75) is 0 Å². The van der Waals surface area contributed by atoms with Crippen LogP contribution in [0.5, 0.6) is 0 Å². The number of rotatable bonds is 2. The van der Waals surface area contributed by atoms with E-state index in [1.165, 1.54) is 6.08 Å². The summed E-state index contributed by atoms with van der Waals surface area (Å²) in [5.41, 5.74) is 2.00. The van der Waals surface area contributed by atoms with E-state index in [1.54, 1.807) is 24.0 Å². The number of nitrogens with zero attached hydrogens (tertiary/aromatic N) is 4. The molecule has 76 valence electrons. The molecule has 0 aromatic carbocycles. The minimum absolute atomic E-state index is 0.644. The van der Waals surface area contributed by atoms with Crippen molar-refractivity contribution in [1.29, 1.82) is 0 Å². The number of carboxylic acids is 1. The van der Waals surface area contributed by atoms with E-state index in [0.717, 1.165) is 6.08 Å². The third kappa shape index (κ3) is 1.83. The molecule has 0 saturated heterocycles. The molecule has 0 radical (unpaired) electrons. The molecule has 0 amide bonds. The number of aromatic nitrogens is 4. The summed E-state index contributed by atoms with van der Waals surface area (Å²) >= 11 is 0. The zero-order valence-electron chi connectivity index (χ0n) is 7.95. The molecule has 1 N–H and O–H groups in total. The number of hydrogen-bond acceptors (Lipinski definition) is 4. The summed E-state index contributed by atoms with van der Waals surface area (Å²) in [5, 5.41) is 16.1. The quantitative estimate of drug-likeness (QED) is 0.719. The first-order valence-electron chi connectivity index (χ1n) is 4.23. The molecule has 0 unspecified atom stereocenters. The molecular formula is C9H8N4O2. The molecule has 0 bridgehead atoms. The largest absolute Gasteiger partial charge is 0.478 e. The van der Waals surface area contributed by atoms with Gasteiger partial charge in [-0.3, -0.25) is 0 Å². The molecule has 0 aliphatic heterocycles. The van der Waals surface area contributed by atoms with Gasteiger partial charge in [0.05, 0.1) is 0 Å². The maximum atomic E-state index is 10.3. The summed E-state index contributed by atoms with van der Waals surface area (Å²) in [4.78, 5) is 14.4. The van der Waals surface area contributed by atoms with E-state index in [1.807, 2.05) is 0 Å². The predicted molar refractivity (Wildman–Crippen MR) is 53.0 cm³/mol. The van der Waals surface area contributed by atoms with Gasteiger partial charge in [-0.05, 0) is 17.7 Å². The van der Waals surface area contributed by atoms with Gasteiger partial charge in [0.15, 0.2) is 5.65 Å². The average Bonchev–Trinajstić information content (AvgIpc) is 2.57. The normalized spacial score (nSPS) is 11.3. The van der Waals surface area contributed by atoms with E-state index in [9.17, 15) is 4.79 Å². The standard InChI is InChI=1S/C9H8N4O2/c1-13-9-7(11-12-13)4-6(5-10-9)2-3-8(14)15/h2-5H,1H3,(H,14,15). The topological polar surface area (TPSA) is 80.9 Å². The molecule has 2 heterocycles. The number of pyridine rings is 1. The van der Waals surface area contributed by atoms with E-state index in [-0.39, 0.29) is 0 Å². The van der Waals surface area contributed by atoms with Gasteiger partial charge in [0.1, 0.15) is 5.52 Å². The number of carboxylic acid groups (broad SMARTS) is 1. The van der Waals surface area contributed by atoms with E-state index in [2.05, 4.69) is 15.3 Å². The summed E-state index contributed by atoms with van der Waals surface area (Å²) in [5.74, 6) is -0.991. The molecule has 2 aromatic heterocycles. The maximum Gasteiger partial charge on any atom is 0.328 e. The molecule has 6 nitrogen and oxygen atoms in total. The fourth-order valence-corrected chi connectivity index (χ4v) is 1.20. The van der Waals surface area contributed by atoms with Crippen molar-refractivity contribution in [2.75, 3.05) is 0 Å². The van der Waals surface area contributed by atoms with Crippen molar-refractivity contribution in [3.8, 4) is 0 Å². The Hall–Kier alpha value is -2.24. The lowest BCUT2D eigenvalue weighted by Crippen LogP contribution is -1.91. The van der Waals surface area contributed by atoms with E-state index in [4.69, 9.17) is 5.11 Å². The van der Waals surface area contributed by atoms with Crippen LogP contribution in [0, 0.1) is 0 Å². The van der Waals surface area contributed by atoms with E-state index < -0.39 is 5.97 Å². The lowest BCUT2D eigenvalue weighted by atomic mass is 10.2. The van der Waals surface area contributed by atoms with Gasteiger partial charge < -0.3 is 5.11 Å². The number of fused-ring (bicyclic) bond motifs is 1. The molecular weight excluding hydrogens is 196 g/mol. The number of aliphatic carboxylic acids is 1. The molecule has 0 spiro atoms. The van der Waals surface area contributed by atoms with Crippen molar-refractivity contribution in [2.24, 2.45) is 7.05 Å². The number of hydrogen-bond donors (Lipinski definition) is 1. The minimum Gasteiger partial charge on any atom is -0.478 e. The first-order chi connectivity index (χ1) is 7.16. The summed E-state index contributed by atoms with van der Waals surface area (Å²) in [6.45, 7) is 0. The van der Waals surface area contributed by atoms with E-state index >= 15 is 0 Å². The van der Waals surface area contributed by atoms with Crippen molar-refractivity contribution in [1.82, 2.24) is 20.0 Å². The maximum absolute atomic E-state index is 10.3. The van der Waals surface area contributed by atoms with Crippen LogP contribution < -0.4 is 0 Å². The lowest BCUT2D eigenvalue weighted by molar-refractivity contribution is -0.131. The fourth-order valence-electron chi connectivity index (χ4n) is 1.20. The smallest absolute Gasteiger partial charge is 0.328 e. The van der Waals surface area contributed by atoms with Crippen molar-refractivity contribution in [3.63, 3.8) is 0 Å². The zero-order chi connectivity index (χ0) is 10.8. The molecule has 2 rings (SSSR count). The van der Waals surface area contributed by atoms with E-state index in [0.29, 0.717) is 16.7 Å². The fraction of sp³-hybridized carbons (Fsp3) is 0.111. The molecule has 0 fully saturated rings. The highest BCUT2D eigenvalue weighted by Crippen LogP contribution is 2.10. The van der Waals surface area contributed by atoms with Gasteiger partial charge in [-0.15, -0.1) is 5.10 Å². The summed E-state index contributed by atoms with van der Waals surface area (Å²) < 4.78 is 1.56. The van der Waals surface area contributed by atoms with Crippen LogP contribution in [-0.2, 0) is 11.8 Å². The second kappa shape index (κ2) is 3.49. The van der Waals surface area contributed by atoms with Gasteiger partial charge in [-0.25, -0.2) is 14.5 Å². The van der Waals surface area contributed by atoms with Gasteiger partial charge in [-0.1, -0.05) is 5.21 Å². The first-order valence-corrected chi connectivity index (χ1v) is 4.23. The Bertz CT molecular complexity index is 544. The highest BCUT2D eigenvalue weighted by molar-refractivity contribution is 5.86. The Morgan fingerprint density at radius 1 is 1.60 bits per heavy atom. The molecule has 2 aromatic rings. The first kappa shape index (κ1) is 9.32. The van der Waals surface area contributed by atoms with Crippen molar-refractivity contribution >= 4 is 23.2 Å². The second-order valence-electron chi connectivity index (χ2n) is 3.00. The van der Waals surface area contributed by atoms with Crippen molar-refractivity contribution < 1.29 is 9.90 Å². The van der Waals surface area contributed by atoms with Crippen LogP contribution >= 0.6 is 0 Å². The zero-order valence-corrected chi connectivity index (χ0v) is 7.95. The third-order valence-electron chi connectivity index (χ3n) is 1.88. The van der Waals surface area contributed by atoms with Gasteiger partial charge in [-0.2, -0.15) is 0 Å². The molecule has 0 aliphatic rings. The monoisotopic (exact) mass is 204 g/mol. The molecule has 0 atom stereocenters. The van der Waals surface area contributed by atoms with Crippen LogP contribution in [0.2, 0.25) is 0 Å². The Morgan fingerprint density at radius 2 is 2.40 bits per heavy atom. The van der Waals surface area contributed by atoms with Crippen LogP contribution in [0.15, 0.2) is 18.3 Å². The average molecular weight is 204 g/mol. The Kier molecular flexibility index (Phi) is 2.17. The molecule has 15 heavy (non-hydrogen) atoms. The number of carbonyl (C=O) groups is 1. The highest BCUT2D eigenvalue weighted by Gasteiger charge is 2.02. The van der Waals surface area contributed by atoms with Crippen LogP contribution in [0.3, 0.4) is 0 Å². The predicted octanol–water partition coefficient (Wildman–Crippen LogP) is 0.461. The van der Waals surface area contributed by atoms with Gasteiger partial charge in [0.25, 0.3) is 0 Å². The van der Waals surface area contributed by atoms with Crippen LogP contribution in [0.4, 0.5) is 0 Å². The van der Waals surface area contributed by atoms with Crippen LogP contribution in [0.1, 0.15) is 5.56 Å². The molecule has 0 saturated carbocycles. The summed E-state index contributed by atoms with van der Waals surface area (Å²) in [6.07, 6.45) is 4.09. The second-order valence-corrected chi connectivity index (χ2v) is 3.00. The molecule has 0 aliphatic carbocycles. The van der Waals surface area contributed by atoms with Crippen LogP contribution in [-0.4, -0.2) is 31.1 Å². The van der Waals surface area contributed by atoms with Crippen molar-refractivity contribution in [3.05, 3.63) is 23.9 Å². The minimum atomic E-state index is -0.991. The Morgan fingerprint density at radius 3 is 3.13 bits per heavy atom. The SMILES string of the molecule is Cn1nnc2cc(C=CC(=O)O)cnc21. The van der Waals surface area contributed by atoms with Gasteiger partial charge >= 0.3 is 5.97 Å². The number of aryl methyl sites for hydroxylation is 1. The molecule has 6 heteroatoms. The third-order valence-corrected chi connectivity index (χ3v) is 1.88. The van der Waals surface area contributed by atoms with Gasteiger partial charge in [0.2, 0.25) is 0 Å². The lowest BCUT2D eigenvalue weighted by Gasteiger charge is -1.92. The Labute approximate surface area is 84.9 Å². The van der Waals surface area contributed by atoms with Crippen LogP contribution in [0.25, 0.3) is 17.2 Å². The Balaban J connectivity index is 2.43. The summed E-state index contributed by atoms with van der Waals surface area (Å²) in [7, 11) is 1.75. The highest BCUT2D eigenvalue weighted by atomic mass is 16.4. The summed E-state index contributed by atoms with van der Waals surface area (Å²) in [6, 6.07) is 1.73.